The predicted octanol–water partition coefficient (Wildman–Crippen LogP) is 3.48. The van der Waals surface area contributed by atoms with Crippen LogP contribution in [0, 0.1) is 0 Å². The molecule has 0 heterocycles. The number of aliphatic hydroxyl groups excluding tert-OH is 1. The van der Waals surface area contributed by atoms with Gasteiger partial charge in [0, 0.05) is 16.7 Å². The van der Waals surface area contributed by atoms with Gasteiger partial charge in [0.25, 0.3) is 5.78 Å². The number of carbonyl (C=O) groups is 2. The Morgan fingerprint density at radius 3 is 2.27 bits per heavy atom. The third kappa shape index (κ3) is 4.20. The van der Waals surface area contributed by atoms with Crippen molar-refractivity contribution >= 4 is 29.1 Å². The molecule has 0 saturated carbocycles. The highest BCUT2D eigenvalue weighted by Gasteiger charge is 2.10. The lowest BCUT2D eigenvalue weighted by atomic mass is 10.0. The molecule has 22 heavy (non-hydrogen) atoms. The van der Waals surface area contributed by atoms with Crippen LogP contribution in [0.5, 0.6) is 0 Å². The van der Waals surface area contributed by atoms with Crippen molar-refractivity contribution in [2.75, 3.05) is 0 Å². The number of hydrogen-bond acceptors (Lipinski definition) is 3. The monoisotopic (exact) mass is 316 g/mol. The zero-order valence-corrected chi connectivity index (χ0v) is 12.2. The Labute approximate surface area is 132 Å². The summed E-state index contributed by atoms with van der Waals surface area (Å²) < 4.78 is 0. The van der Waals surface area contributed by atoms with E-state index in [2.05, 4.69) is 0 Å². The maximum Gasteiger partial charge on any atom is 0.376 e. The van der Waals surface area contributed by atoms with E-state index in [1.54, 1.807) is 24.3 Å². The first kappa shape index (κ1) is 15.8. The molecule has 0 radical (unpaired) electrons. The smallest absolute Gasteiger partial charge is 0.376 e. The fourth-order valence-corrected chi connectivity index (χ4v) is 2.21. The van der Waals surface area contributed by atoms with E-state index < -0.39 is 11.8 Å². The molecule has 5 heteroatoms. The van der Waals surface area contributed by atoms with Crippen molar-refractivity contribution in [2.45, 2.75) is 6.42 Å². The molecule has 112 valence electrons. The fraction of sp³-hybridized carbons (Fsp3) is 0.0588. The van der Waals surface area contributed by atoms with Crippen LogP contribution in [0.3, 0.4) is 0 Å². The molecule has 4 nitrogen and oxygen atoms in total. The van der Waals surface area contributed by atoms with E-state index in [0.717, 1.165) is 11.1 Å². The molecule has 0 fully saturated rings. The van der Waals surface area contributed by atoms with Crippen LogP contribution in [0.4, 0.5) is 0 Å². The molecule has 2 aromatic carbocycles. The summed E-state index contributed by atoms with van der Waals surface area (Å²) in [5.74, 6) is -3.15. The number of rotatable bonds is 5. The van der Waals surface area contributed by atoms with Crippen molar-refractivity contribution in [3.8, 4) is 0 Å². The number of aliphatic hydroxyl groups is 1. The van der Waals surface area contributed by atoms with Gasteiger partial charge in [0.05, 0.1) is 0 Å². The van der Waals surface area contributed by atoms with Crippen LogP contribution in [0.1, 0.15) is 16.7 Å². The Hall–Kier alpha value is -2.59. The van der Waals surface area contributed by atoms with Gasteiger partial charge in [-0.1, -0.05) is 41.9 Å². The molecule has 0 aliphatic rings. The van der Waals surface area contributed by atoms with Crippen LogP contribution in [0.25, 0.3) is 5.76 Å². The van der Waals surface area contributed by atoms with E-state index >= 15 is 0 Å². The van der Waals surface area contributed by atoms with Gasteiger partial charge >= 0.3 is 5.97 Å². The summed E-state index contributed by atoms with van der Waals surface area (Å²) in [4.78, 5) is 21.6. The van der Waals surface area contributed by atoms with E-state index in [0.29, 0.717) is 23.1 Å². The maximum absolute atomic E-state index is 11.1. The number of hydrogen-bond donors (Lipinski definition) is 2. The fourth-order valence-electron chi connectivity index (χ4n) is 1.99. The van der Waals surface area contributed by atoms with Crippen LogP contribution in [-0.4, -0.2) is 22.0 Å². The highest BCUT2D eigenvalue weighted by atomic mass is 35.5. The second-order valence-electron chi connectivity index (χ2n) is 4.71. The maximum atomic E-state index is 11.1. The van der Waals surface area contributed by atoms with E-state index in [-0.39, 0.29) is 5.76 Å². The van der Waals surface area contributed by atoms with Crippen molar-refractivity contribution in [2.24, 2.45) is 0 Å². The topological polar surface area (TPSA) is 74.6 Å². The number of benzene rings is 2. The predicted molar refractivity (Wildman–Crippen MR) is 83.9 cm³/mol. The molecule has 0 bridgehead atoms. The van der Waals surface area contributed by atoms with Gasteiger partial charge in [-0.25, -0.2) is 4.79 Å². The van der Waals surface area contributed by atoms with Gasteiger partial charge in [-0.2, -0.15) is 0 Å². The Bertz CT molecular complexity index is 750. The van der Waals surface area contributed by atoms with E-state index in [4.69, 9.17) is 16.7 Å². The highest BCUT2D eigenvalue weighted by molar-refractivity contribution is 6.38. The van der Waals surface area contributed by atoms with Crippen molar-refractivity contribution in [3.05, 3.63) is 76.3 Å². The number of aliphatic carboxylic acids is 1. The quantitative estimate of drug-likeness (QED) is 0.503. The Kier molecular flexibility index (Phi) is 4.96. The van der Waals surface area contributed by atoms with Gasteiger partial charge in [-0.15, -0.1) is 0 Å². The molecule has 2 N–H and O–H groups in total. The van der Waals surface area contributed by atoms with Gasteiger partial charge in [-0.05, 0) is 35.7 Å². The summed E-state index contributed by atoms with van der Waals surface area (Å²) in [6.45, 7) is 0. The van der Waals surface area contributed by atoms with Crippen LogP contribution < -0.4 is 0 Å². The van der Waals surface area contributed by atoms with Crippen molar-refractivity contribution in [1.29, 1.82) is 0 Å². The third-order valence-electron chi connectivity index (χ3n) is 3.00. The molecule has 0 unspecified atom stereocenters. The normalized spacial score (nSPS) is 11.2. The first-order valence-electron chi connectivity index (χ1n) is 6.47. The molecule has 0 aliphatic heterocycles. The minimum Gasteiger partial charge on any atom is -0.507 e. The van der Waals surface area contributed by atoms with Crippen LogP contribution >= 0.6 is 11.6 Å². The second kappa shape index (κ2) is 6.91. The summed E-state index contributed by atoms with van der Waals surface area (Å²) >= 11 is 5.94. The standard InChI is InChI=1S/C17H13ClO4/c18-14-6-2-4-12(9-14)7-11-3-1-5-13(8-11)15(19)10-16(20)17(21)22/h1-6,8-10,19H,7H2,(H,21,22). The third-order valence-corrected chi connectivity index (χ3v) is 3.23. The van der Waals surface area contributed by atoms with Gasteiger partial charge < -0.3 is 10.2 Å². The summed E-state index contributed by atoms with van der Waals surface area (Å²) in [5.41, 5.74) is 2.30. The van der Waals surface area contributed by atoms with Crippen LogP contribution in [-0.2, 0) is 16.0 Å². The van der Waals surface area contributed by atoms with Crippen molar-refractivity contribution in [3.63, 3.8) is 0 Å². The minimum absolute atomic E-state index is 0.375. The summed E-state index contributed by atoms with van der Waals surface area (Å²) in [6.07, 6.45) is 1.30. The molecule has 2 rings (SSSR count). The van der Waals surface area contributed by atoms with E-state index in [1.165, 1.54) is 0 Å². The SMILES string of the molecule is O=C(O)C(=O)C=C(O)c1cccc(Cc2cccc(Cl)c2)c1. The Balaban J connectivity index is 2.23. The molecule has 2 aromatic rings. The Morgan fingerprint density at radius 1 is 1.00 bits per heavy atom. The van der Waals surface area contributed by atoms with Gasteiger partial charge in [0.15, 0.2) is 0 Å². The zero-order valence-electron chi connectivity index (χ0n) is 11.5. The largest absolute Gasteiger partial charge is 0.507 e. The molecule has 0 atom stereocenters. The van der Waals surface area contributed by atoms with Crippen molar-refractivity contribution in [1.82, 2.24) is 0 Å². The van der Waals surface area contributed by atoms with Gasteiger partial charge in [-0.3, -0.25) is 4.79 Å². The zero-order chi connectivity index (χ0) is 16.1. The lowest BCUT2D eigenvalue weighted by Crippen LogP contribution is -2.09. The summed E-state index contributed by atoms with van der Waals surface area (Å²) in [6, 6.07) is 14.3. The lowest BCUT2D eigenvalue weighted by Gasteiger charge is -2.05. The van der Waals surface area contributed by atoms with Crippen LogP contribution in [0.2, 0.25) is 5.02 Å². The number of halogens is 1. The molecule has 0 saturated heterocycles. The molecular formula is C17H13ClO4. The first-order chi connectivity index (χ1) is 10.5. The molecular weight excluding hydrogens is 304 g/mol. The average Bonchev–Trinajstić information content (AvgIpc) is 2.47. The average molecular weight is 317 g/mol. The molecule has 0 aromatic heterocycles. The number of ketones is 1. The molecule has 0 amide bonds. The van der Waals surface area contributed by atoms with Gasteiger partial charge in [0.1, 0.15) is 5.76 Å². The number of carbonyl (C=O) groups excluding carboxylic acids is 1. The Morgan fingerprint density at radius 2 is 1.64 bits per heavy atom. The lowest BCUT2D eigenvalue weighted by molar-refractivity contribution is -0.146. The number of carboxylic acid groups (broad SMARTS) is 1. The van der Waals surface area contributed by atoms with Crippen LogP contribution in [0.15, 0.2) is 54.6 Å². The molecule has 0 spiro atoms. The van der Waals surface area contributed by atoms with E-state index in [9.17, 15) is 14.7 Å². The summed E-state index contributed by atoms with van der Waals surface area (Å²) in [5, 5.41) is 19.0. The summed E-state index contributed by atoms with van der Waals surface area (Å²) in [7, 11) is 0. The second-order valence-corrected chi connectivity index (χ2v) is 5.14. The minimum atomic E-state index is -1.61. The molecule has 0 aliphatic carbocycles. The van der Waals surface area contributed by atoms with Gasteiger partial charge in [0.2, 0.25) is 0 Å². The highest BCUT2D eigenvalue weighted by Crippen LogP contribution is 2.18. The first-order valence-corrected chi connectivity index (χ1v) is 6.85. The van der Waals surface area contributed by atoms with E-state index in [1.807, 2.05) is 24.3 Å². The number of carboxylic acids is 1. The van der Waals surface area contributed by atoms with Crippen molar-refractivity contribution < 1.29 is 19.8 Å².